The average Bonchev–Trinajstić information content (AvgIpc) is 3.84. The molecule has 0 fully saturated rings. The van der Waals surface area contributed by atoms with Gasteiger partial charge in [0.15, 0.2) is 0 Å². The Balaban J connectivity index is 0.943. The lowest BCUT2D eigenvalue weighted by Crippen LogP contribution is -2.30. The third kappa shape index (κ3) is 6.28. The fourth-order valence-corrected chi connectivity index (χ4v) is 9.79. The Morgan fingerprint density at radius 3 is 1.68 bits per heavy atom. The van der Waals surface area contributed by atoms with Gasteiger partial charge in [0.1, 0.15) is 0 Å². The zero-order chi connectivity index (χ0) is 40.0. The van der Waals surface area contributed by atoms with Crippen molar-refractivity contribution in [2.75, 3.05) is 4.90 Å². The maximum absolute atomic E-state index is 2.57. The molecule has 1 aliphatic carbocycles. The number of unbranched alkanes of at least 4 members (excludes halogenated alkanes) is 1. The molecule has 2 aliphatic rings. The van der Waals surface area contributed by atoms with E-state index in [1.165, 1.54) is 108 Å². The van der Waals surface area contributed by atoms with E-state index in [4.69, 9.17) is 0 Å². The summed E-state index contributed by atoms with van der Waals surface area (Å²) in [6.07, 6.45) is 8.44. The lowest BCUT2D eigenvalue weighted by atomic mass is 9.82. The molecule has 60 heavy (non-hydrogen) atoms. The number of anilines is 2. The SMILES string of the molecule is CCCCc1ccc(-c2ccc(-c3cccc(-n4c5c(c6ccccc64)C4c6ccccc6N(c6cccc(-c7ccc(-c8ccccc8)cc7)c6)C4C=C5)c3)cc2)cc1. The number of nitrogens with zero attached hydrogens (tertiary/aromatic N) is 2. The van der Waals surface area contributed by atoms with E-state index in [-0.39, 0.29) is 12.0 Å². The lowest BCUT2D eigenvalue weighted by Gasteiger charge is -2.31. The standard InChI is InChI=1S/C58H46N2/c1-2-3-13-40-24-26-42(27-25-40)44-30-34-46(35-31-44)48-17-12-19-50(39-48)60-54-23-10-8-21-52(54)58-56(60)37-36-55-57(58)51-20-7-9-22-53(51)59(55)49-18-11-16-47(38-49)45-32-28-43(29-33-45)41-14-5-4-6-15-41/h4-12,14-39,55,57H,2-3,13H2,1H3. The van der Waals surface area contributed by atoms with Crippen LogP contribution in [0.25, 0.3) is 67.2 Å². The van der Waals surface area contributed by atoms with E-state index in [1.807, 2.05) is 0 Å². The molecule has 0 saturated heterocycles. The highest BCUT2D eigenvalue weighted by Crippen LogP contribution is 2.54. The second-order valence-corrected chi connectivity index (χ2v) is 16.3. The van der Waals surface area contributed by atoms with Gasteiger partial charge in [0.2, 0.25) is 0 Å². The molecule has 8 aromatic carbocycles. The molecule has 2 atom stereocenters. The second-order valence-electron chi connectivity index (χ2n) is 16.3. The quantitative estimate of drug-likeness (QED) is 0.142. The highest BCUT2D eigenvalue weighted by molar-refractivity contribution is 5.95. The van der Waals surface area contributed by atoms with Crippen molar-refractivity contribution >= 4 is 28.4 Å². The van der Waals surface area contributed by atoms with E-state index in [0.717, 1.165) is 6.42 Å². The molecule has 288 valence electrons. The van der Waals surface area contributed by atoms with Crippen molar-refractivity contribution in [3.05, 3.63) is 229 Å². The van der Waals surface area contributed by atoms with Crippen LogP contribution >= 0.6 is 0 Å². The Morgan fingerprint density at radius 2 is 1.00 bits per heavy atom. The van der Waals surface area contributed by atoms with Crippen molar-refractivity contribution in [3.8, 4) is 50.2 Å². The number of para-hydroxylation sites is 2. The molecule has 9 aromatic rings. The van der Waals surface area contributed by atoms with E-state index in [9.17, 15) is 0 Å². The van der Waals surface area contributed by atoms with Crippen LogP contribution in [0.1, 0.15) is 48.1 Å². The Morgan fingerprint density at radius 1 is 0.467 bits per heavy atom. The molecule has 2 unspecified atom stereocenters. The van der Waals surface area contributed by atoms with Gasteiger partial charge >= 0.3 is 0 Å². The molecular formula is C58H46N2. The van der Waals surface area contributed by atoms with Crippen LogP contribution in [0.5, 0.6) is 0 Å². The van der Waals surface area contributed by atoms with Crippen LogP contribution in [0.3, 0.4) is 0 Å². The summed E-state index contributed by atoms with van der Waals surface area (Å²) in [5.74, 6) is 0.178. The Labute approximate surface area is 353 Å². The number of hydrogen-bond donors (Lipinski definition) is 0. The van der Waals surface area contributed by atoms with Gasteiger partial charge in [-0.25, -0.2) is 0 Å². The van der Waals surface area contributed by atoms with Gasteiger partial charge in [-0.1, -0.05) is 183 Å². The fraction of sp³-hybridized carbons (Fsp3) is 0.103. The number of fused-ring (bicyclic) bond motifs is 7. The van der Waals surface area contributed by atoms with Crippen molar-refractivity contribution in [2.24, 2.45) is 0 Å². The third-order valence-corrected chi connectivity index (χ3v) is 12.8. The molecular weight excluding hydrogens is 725 g/mol. The van der Waals surface area contributed by atoms with Crippen molar-refractivity contribution in [2.45, 2.75) is 38.1 Å². The first kappa shape index (κ1) is 36.0. The molecule has 0 saturated carbocycles. The molecule has 1 aromatic heterocycles. The zero-order valence-corrected chi connectivity index (χ0v) is 33.9. The van der Waals surface area contributed by atoms with E-state index >= 15 is 0 Å². The van der Waals surface area contributed by atoms with Crippen molar-refractivity contribution in [3.63, 3.8) is 0 Å². The summed E-state index contributed by atoms with van der Waals surface area (Å²) in [5, 5.41) is 1.31. The maximum atomic E-state index is 2.57. The predicted molar refractivity (Wildman–Crippen MR) is 253 cm³/mol. The second kappa shape index (κ2) is 15.2. The monoisotopic (exact) mass is 770 g/mol. The van der Waals surface area contributed by atoms with Crippen LogP contribution < -0.4 is 4.90 Å². The predicted octanol–water partition coefficient (Wildman–Crippen LogP) is 15.3. The zero-order valence-electron chi connectivity index (χ0n) is 33.9. The summed E-state index contributed by atoms with van der Waals surface area (Å²) in [6.45, 7) is 2.25. The summed E-state index contributed by atoms with van der Waals surface area (Å²) in [6, 6.07) is 74.1. The van der Waals surface area contributed by atoms with Crippen molar-refractivity contribution < 1.29 is 0 Å². The number of benzene rings is 8. The number of rotatable bonds is 9. The first-order chi connectivity index (χ1) is 29.7. The van der Waals surface area contributed by atoms with Gasteiger partial charge in [-0.2, -0.15) is 0 Å². The molecule has 0 spiro atoms. The molecule has 0 amide bonds. The minimum atomic E-state index is 0.141. The third-order valence-electron chi connectivity index (χ3n) is 12.8. The molecule has 1 aliphatic heterocycles. The van der Waals surface area contributed by atoms with Crippen molar-refractivity contribution in [1.82, 2.24) is 4.57 Å². The van der Waals surface area contributed by atoms with Gasteiger partial charge in [-0.3, -0.25) is 0 Å². The topological polar surface area (TPSA) is 8.17 Å². The van der Waals surface area contributed by atoms with Gasteiger partial charge in [0, 0.05) is 28.4 Å². The van der Waals surface area contributed by atoms with Crippen molar-refractivity contribution in [1.29, 1.82) is 0 Å². The molecule has 2 nitrogen and oxygen atoms in total. The largest absolute Gasteiger partial charge is 0.333 e. The molecule has 11 rings (SSSR count). The number of hydrogen-bond acceptors (Lipinski definition) is 1. The lowest BCUT2D eigenvalue weighted by molar-refractivity contribution is 0.725. The van der Waals surface area contributed by atoms with Crippen LogP contribution in [0.15, 0.2) is 206 Å². The average molecular weight is 771 g/mol. The minimum Gasteiger partial charge on any atom is -0.333 e. The summed E-state index contributed by atoms with van der Waals surface area (Å²) < 4.78 is 2.49. The summed E-state index contributed by atoms with van der Waals surface area (Å²) >= 11 is 0. The molecule has 2 heterocycles. The van der Waals surface area contributed by atoms with Gasteiger partial charge in [-0.05, 0) is 117 Å². The molecule has 0 bridgehead atoms. The van der Waals surface area contributed by atoms with Crippen LogP contribution in [0, 0.1) is 0 Å². The van der Waals surface area contributed by atoms with E-state index in [0.29, 0.717) is 0 Å². The first-order valence-electron chi connectivity index (χ1n) is 21.5. The van der Waals surface area contributed by atoms with Gasteiger partial charge in [-0.15, -0.1) is 0 Å². The van der Waals surface area contributed by atoms with Gasteiger partial charge in [0.25, 0.3) is 0 Å². The van der Waals surface area contributed by atoms with Crippen LogP contribution in [0.4, 0.5) is 11.4 Å². The smallest absolute Gasteiger partial charge is 0.0637 e. The summed E-state index contributed by atoms with van der Waals surface area (Å²) in [4.78, 5) is 2.57. The molecule has 0 radical (unpaired) electrons. The van der Waals surface area contributed by atoms with E-state index < -0.39 is 0 Å². The Kier molecular flexibility index (Phi) is 9.12. The normalized spacial score (nSPS) is 15.2. The first-order valence-corrected chi connectivity index (χ1v) is 21.5. The Hall–Kier alpha value is -7.16. The van der Waals surface area contributed by atoms with E-state index in [2.05, 4.69) is 229 Å². The van der Waals surface area contributed by atoms with Gasteiger partial charge < -0.3 is 9.47 Å². The highest BCUT2D eigenvalue weighted by Gasteiger charge is 2.43. The summed E-state index contributed by atoms with van der Waals surface area (Å²) in [7, 11) is 0. The van der Waals surface area contributed by atoms with Crippen LogP contribution in [-0.4, -0.2) is 10.6 Å². The Bertz CT molecular complexity index is 3010. The summed E-state index contributed by atoms with van der Waals surface area (Å²) in [5.41, 5.74) is 20.2. The molecule has 0 N–H and O–H groups in total. The van der Waals surface area contributed by atoms with Crippen LogP contribution in [0.2, 0.25) is 0 Å². The fourth-order valence-electron chi connectivity index (χ4n) is 9.79. The number of aromatic nitrogens is 1. The van der Waals surface area contributed by atoms with Gasteiger partial charge in [0.05, 0.1) is 17.3 Å². The van der Waals surface area contributed by atoms with Crippen LogP contribution in [-0.2, 0) is 6.42 Å². The molecule has 2 heteroatoms. The maximum Gasteiger partial charge on any atom is 0.0637 e. The van der Waals surface area contributed by atoms with E-state index in [1.54, 1.807) is 0 Å². The minimum absolute atomic E-state index is 0.141. The number of aryl methyl sites for hydroxylation is 1. The highest BCUT2D eigenvalue weighted by atomic mass is 15.2.